The predicted octanol–water partition coefficient (Wildman–Crippen LogP) is 1.08. The summed E-state index contributed by atoms with van der Waals surface area (Å²) in [5, 5.41) is 13.4. The number of aryl methyl sites for hydroxylation is 1. The molecule has 0 saturated carbocycles. The van der Waals surface area contributed by atoms with Crippen LogP contribution in [0.4, 0.5) is 0 Å². The van der Waals surface area contributed by atoms with Crippen LogP contribution in [-0.2, 0) is 6.61 Å². The van der Waals surface area contributed by atoms with Gasteiger partial charge in [0.1, 0.15) is 0 Å². The highest BCUT2D eigenvalue weighted by molar-refractivity contribution is 5.30. The number of nitrogens with zero attached hydrogens (tertiary/aromatic N) is 4. The fourth-order valence-electron chi connectivity index (χ4n) is 1.52. The van der Waals surface area contributed by atoms with E-state index in [1.165, 1.54) is 0 Å². The van der Waals surface area contributed by atoms with Crippen LogP contribution < -0.4 is 0 Å². The Hall–Kier alpha value is -1.75. The van der Waals surface area contributed by atoms with Gasteiger partial charge in [0, 0.05) is 5.69 Å². The third kappa shape index (κ3) is 1.69. The Kier molecular flexibility index (Phi) is 2.70. The van der Waals surface area contributed by atoms with Gasteiger partial charge in [-0.15, -0.1) is 0 Å². The average Bonchev–Trinajstić information content (AvgIpc) is 2.57. The molecule has 84 valence electrons. The van der Waals surface area contributed by atoms with Crippen molar-refractivity contribution in [2.24, 2.45) is 0 Å². The topological polar surface area (TPSA) is 63.8 Å². The molecule has 0 unspecified atom stereocenters. The zero-order chi connectivity index (χ0) is 11.7. The van der Waals surface area contributed by atoms with Crippen molar-refractivity contribution in [1.29, 1.82) is 0 Å². The Bertz CT molecular complexity index is 519. The van der Waals surface area contributed by atoms with Crippen molar-refractivity contribution in [2.45, 2.75) is 27.4 Å². The zero-order valence-corrected chi connectivity index (χ0v) is 9.60. The molecule has 5 nitrogen and oxygen atoms in total. The monoisotopic (exact) mass is 218 g/mol. The Balaban J connectivity index is 2.54. The summed E-state index contributed by atoms with van der Waals surface area (Å²) in [5.41, 5.74) is 3.72. The van der Waals surface area contributed by atoms with Crippen LogP contribution >= 0.6 is 0 Å². The lowest BCUT2D eigenvalue weighted by molar-refractivity contribution is 0.276. The zero-order valence-electron chi connectivity index (χ0n) is 9.60. The van der Waals surface area contributed by atoms with Crippen LogP contribution in [0, 0.1) is 20.8 Å². The Morgan fingerprint density at radius 3 is 2.56 bits per heavy atom. The van der Waals surface area contributed by atoms with Crippen LogP contribution in [0.5, 0.6) is 0 Å². The van der Waals surface area contributed by atoms with Crippen molar-refractivity contribution in [3.05, 3.63) is 35.0 Å². The van der Waals surface area contributed by atoms with Crippen molar-refractivity contribution in [2.75, 3.05) is 0 Å². The summed E-state index contributed by atoms with van der Waals surface area (Å²) in [5.74, 6) is 0.639. The van der Waals surface area contributed by atoms with Crippen molar-refractivity contribution < 1.29 is 5.11 Å². The van der Waals surface area contributed by atoms with E-state index in [0.717, 1.165) is 17.0 Å². The molecule has 2 heterocycles. The van der Waals surface area contributed by atoms with E-state index in [0.29, 0.717) is 11.5 Å². The molecule has 2 aromatic heterocycles. The van der Waals surface area contributed by atoms with Gasteiger partial charge in [-0.1, -0.05) is 0 Å². The van der Waals surface area contributed by atoms with Gasteiger partial charge in [0.2, 0.25) is 0 Å². The minimum Gasteiger partial charge on any atom is -0.390 e. The first-order chi connectivity index (χ1) is 7.63. The first-order valence-corrected chi connectivity index (χ1v) is 5.08. The summed E-state index contributed by atoms with van der Waals surface area (Å²) in [6.45, 7) is 5.86. The van der Waals surface area contributed by atoms with Gasteiger partial charge in [-0.2, -0.15) is 5.10 Å². The van der Waals surface area contributed by atoms with E-state index in [2.05, 4.69) is 15.1 Å². The number of aromatic nitrogens is 4. The highest BCUT2D eigenvalue weighted by Gasteiger charge is 2.10. The summed E-state index contributed by atoms with van der Waals surface area (Å²) in [7, 11) is 0. The SMILES string of the molecule is Cc1nn(-c2cncc(CO)n2)c(C)c1C. The predicted molar refractivity (Wildman–Crippen MR) is 59.3 cm³/mol. The van der Waals surface area contributed by atoms with Crippen LogP contribution in [0.15, 0.2) is 12.4 Å². The molecule has 0 spiro atoms. The van der Waals surface area contributed by atoms with Gasteiger partial charge in [-0.25, -0.2) is 9.67 Å². The molecule has 2 aromatic rings. The fraction of sp³-hybridized carbons (Fsp3) is 0.364. The van der Waals surface area contributed by atoms with Crippen molar-refractivity contribution in [3.63, 3.8) is 0 Å². The van der Waals surface area contributed by atoms with Crippen LogP contribution in [0.1, 0.15) is 22.6 Å². The van der Waals surface area contributed by atoms with Gasteiger partial charge in [-0.05, 0) is 26.3 Å². The summed E-state index contributed by atoms with van der Waals surface area (Å²) in [4.78, 5) is 8.29. The molecule has 0 fully saturated rings. The maximum atomic E-state index is 9.01. The summed E-state index contributed by atoms with van der Waals surface area (Å²) in [6, 6.07) is 0. The molecule has 0 aliphatic carbocycles. The normalized spacial score (nSPS) is 10.8. The molecule has 0 aromatic carbocycles. The summed E-state index contributed by atoms with van der Waals surface area (Å²) < 4.78 is 1.75. The second kappa shape index (κ2) is 4.02. The van der Waals surface area contributed by atoms with E-state index in [1.54, 1.807) is 17.1 Å². The van der Waals surface area contributed by atoms with E-state index >= 15 is 0 Å². The maximum absolute atomic E-state index is 9.01. The van der Waals surface area contributed by atoms with E-state index in [1.807, 2.05) is 20.8 Å². The van der Waals surface area contributed by atoms with E-state index in [4.69, 9.17) is 5.11 Å². The minimum absolute atomic E-state index is 0.112. The minimum atomic E-state index is -0.112. The van der Waals surface area contributed by atoms with Crippen molar-refractivity contribution in [3.8, 4) is 5.82 Å². The number of aliphatic hydroxyl groups is 1. The number of hydrogen-bond acceptors (Lipinski definition) is 4. The highest BCUT2D eigenvalue weighted by atomic mass is 16.3. The van der Waals surface area contributed by atoms with E-state index in [-0.39, 0.29) is 6.61 Å². The van der Waals surface area contributed by atoms with Crippen LogP contribution in [-0.4, -0.2) is 24.9 Å². The van der Waals surface area contributed by atoms with Crippen LogP contribution in [0.25, 0.3) is 5.82 Å². The molecule has 0 amide bonds. The lowest BCUT2D eigenvalue weighted by Gasteiger charge is -2.04. The molecule has 16 heavy (non-hydrogen) atoms. The standard InChI is InChI=1S/C11H14N4O/c1-7-8(2)14-15(9(7)3)11-5-12-4-10(6-16)13-11/h4-5,16H,6H2,1-3H3. The van der Waals surface area contributed by atoms with Crippen LogP contribution in [0.2, 0.25) is 0 Å². The average molecular weight is 218 g/mol. The Morgan fingerprint density at radius 2 is 2.00 bits per heavy atom. The molecule has 0 saturated heterocycles. The summed E-state index contributed by atoms with van der Waals surface area (Å²) in [6.07, 6.45) is 3.18. The third-order valence-corrected chi connectivity index (χ3v) is 2.70. The summed E-state index contributed by atoms with van der Waals surface area (Å²) >= 11 is 0. The molecule has 0 atom stereocenters. The van der Waals surface area contributed by atoms with Gasteiger partial charge < -0.3 is 5.11 Å². The molecule has 0 bridgehead atoms. The second-order valence-corrected chi connectivity index (χ2v) is 3.73. The number of rotatable bonds is 2. The maximum Gasteiger partial charge on any atom is 0.172 e. The molecule has 5 heteroatoms. The van der Waals surface area contributed by atoms with E-state index in [9.17, 15) is 0 Å². The molecular weight excluding hydrogens is 204 g/mol. The fourth-order valence-corrected chi connectivity index (χ4v) is 1.52. The molecule has 0 aliphatic rings. The largest absolute Gasteiger partial charge is 0.390 e. The number of hydrogen-bond donors (Lipinski definition) is 1. The van der Waals surface area contributed by atoms with E-state index < -0.39 is 0 Å². The highest BCUT2D eigenvalue weighted by Crippen LogP contribution is 2.14. The molecule has 1 N–H and O–H groups in total. The Morgan fingerprint density at radius 1 is 1.25 bits per heavy atom. The quantitative estimate of drug-likeness (QED) is 0.819. The van der Waals surface area contributed by atoms with Gasteiger partial charge in [0.25, 0.3) is 0 Å². The van der Waals surface area contributed by atoms with Gasteiger partial charge >= 0.3 is 0 Å². The molecule has 0 aliphatic heterocycles. The van der Waals surface area contributed by atoms with Crippen molar-refractivity contribution in [1.82, 2.24) is 19.7 Å². The van der Waals surface area contributed by atoms with Gasteiger partial charge in [0.05, 0.1) is 30.4 Å². The smallest absolute Gasteiger partial charge is 0.172 e. The molecule has 0 radical (unpaired) electrons. The first-order valence-electron chi connectivity index (χ1n) is 5.08. The third-order valence-electron chi connectivity index (χ3n) is 2.70. The molecule has 2 rings (SSSR count). The lowest BCUT2D eigenvalue weighted by Crippen LogP contribution is -2.05. The van der Waals surface area contributed by atoms with Crippen LogP contribution in [0.3, 0.4) is 0 Å². The second-order valence-electron chi connectivity index (χ2n) is 3.73. The molecular formula is C11H14N4O. The lowest BCUT2D eigenvalue weighted by atomic mass is 10.2. The van der Waals surface area contributed by atoms with Gasteiger partial charge in [-0.3, -0.25) is 4.98 Å². The first kappa shape index (κ1) is 10.8. The van der Waals surface area contributed by atoms with Gasteiger partial charge in [0.15, 0.2) is 5.82 Å². The van der Waals surface area contributed by atoms with Crippen molar-refractivity contribution >= 4 is 0 Å². The Labute approximate surface area is 93.8 Å². The number of aliphatic hydroxyl groups excluding tert-OH is 1.